The van der Waals surface area contributed by atoms with Gasteiger partial charge in [-0.15, -0.1) is 0 Å². The molecule has 21 heavy (non-hydrogen) atoms. The molecule has 0 bridgehead atoms. The minimum Gasteiger partial charge on any atom is -0.314 e. The second kappa shape index (κ2) is 6.64. The van der Waals surface area contributed by atoms with Gasteiger partial charge in [-0.3, -0.25) is 0 Å². The molecule has 0 unspecified atom stereocenters. The minimum atomic E-state index is 0.634. The van der Waals surface area contributed by atoms with E-state index in [-0.39, 0.29) is 0 Å². The zero-order valence-electron chi connectivity index (χ0n) is 12.5. The van der Waals surface area contributed by atoms with Crippen molar-refractivity contribution in [3.63, 3.8) is 0 Å². The van der Waals surface area contributed by atoms with E-state index in [1.807, 2.05) is 12.1 Å². The van der Waals surface area contributed by atoms with Gasteiger partial charge in [0.25, 0.3) is 0 Å². The molecule has 2 aromatic carbocycles. The topological polar surface area (TPSA) is 12.0 Å². The third-order valence-electron chi connectivity index (χ3n) is 4.41. The number of nitrogens with one attached hydrogen (secondary N) is 1. The molecule has 0 aliphatic heterocycles. The van der Waals surface area contributed by atoms with Crippen molar-refractivity contribution in [2.45, 2.75) is 38.1 Å². The summed E-state index contributed by atoms with van der Waals surface area (Å²) in [5, 5.41) is 4.58. The summed E-state index contributed by atoms with van der Waals surface area (Å²) in [6.07, 6.45) is 3.52. The van der Waals surface area contributed by atoms with Crippen molar-refractivity contribution >= 4 is 11.6 Å². The van der Waals surface area contributed by atoms with Gasteiger partial charge in [0.1, 0.15) is 0 Å². The molecular formula is C19H22ClN. The van der Waals surface area contributed by atoms with Crippen LogP contribution < -0.4 is 5.32 Å². The summed E-state index contributed by atoms with van der Waals surface area (Å²) in [5.41, 5.74) is 4.08. The number of benzene rings is 2. The van der Waals surface area contributed by atoms with E-state index in [0.717, 1.165) is 18.0 Å². The highest BCUT2D eigenvalue weighted by molar-refractivity contribution is 6.31. The Morgan fingerprint density at radius 2 is 1.90 bits per heavy atom. The van der Waals surface area contributed by atoms with E-state index in [0.29, 0.717) is 12.0 Å². The molecule has 1 fully saturated rings. The zero-order chi connectivity index (χ0) is 14.7. The average molecular weight is 300 g/mol. The highest BCUT2D eigenvalue weighted by Crippen LogP contribution is 2.39. The van der Waals surface area contributed by atoms with Gasteiger partial charge < -0.3 is 5.32 Å². The SMILES string of the molecule is Cc1cccc(CCNC2CC(c3ccccc3Cl)C2)c1. The minimum absolute atomic E-state index is 0.634. The van der Waals surface area contributed by atoms with Gasteiger partial charge in [-0.2, -0.15) is 0 Å². The summed E-state index contributed by atoms with van der Waals surface area (Å²) in [6, 6.07) is 17.7. The molecule has 0 heterocycles. The Labute approximate surface area is 132 Å². The fourth-order valence-corrected chi connectivity index (χ4v) is 3.42. The Kier molecular flexibility index (Phi) is 4.62. The van der Waals surface area contributed by atoms with Gasteiger partial charge in [0, 0.05) is 11.1 Å². The van der Waals surface area contributed by atoms with E-state index in [2.05, 4.69) is 48.6 Å². The molecule has 1 N–H and O–H groups in total. The highest BCUT2D eigenvalue weighted by atomic mass is 35.5. The van der Waals surface area contributed by atoms with E-state index in [1.165, 1.54) is 29.5 Å². The molecule has 1 saturated carbocycles. The van der Waals surface area contributed by atoms with Crippen molar-refractivity contribution < 1.29 is 0 Å². The third kappa shape index (κ3) is 3.66. The van der Waals surface area contributed by atoms with Crippen LogP contribution in [0.5, 0.6) is 0 Å². The molecule has 0 saturated heterocycles. The molecule has 0 atom stereocenters. The fraction of sp³-hybridized carbons (Fsp3) is 0.368. The van der Waals surface area contributed by atoms with Gasteiger partial charge in [0.2, 0.25) is 0 Å². The molecule has 1 aliphatic carbocycles. The van der Waals surface area contributed by atoms with E-state index in [4.69, 9.17) is 11.6 Å². The molecule has 1 nitrogen and oxygen atoms in total. The van der Waals surface area contributed by atoms with Crippen LogP contribution >= 0.6 is 11.6 Å². The van der Waals surface area contributed by atoms with Gasteiger partial charge in [-0.25, -0.2) is 0 Å². The third-order valence-corrected chi connectivity index (χ3v) is 4.76. The first-order valence-corrected chi connectivity index (χ1v) is 8.13. The molecule has 0 spiro atoms. The summed E-state index contributed by atoms with van der Waals surface area (Å²) in [5.74, 6) is 0.634. The number of hydrogen-bond donors (Lipinski definition) is 1. The number of rotatable bonds is 5. The molecule has 0 radical (unpaired) electrons. The Bertz CT molecular complexity index is 602. The molecule has 2 heteroatoms. The molecule has 0 aromatic heterocycles. The van der Waals surface area contributed by atoms with Crippen molar-refractivity contribution in [1.82, 2.24) is 5.32 Å². The summed E-state index contributed by atoms with van der Waals surface area (Å²) in [6.45, 7) is 3.21. The molecular weight excluding hydrogens is 278 g/mol. The lowest BCUT2D eigenvalue weighted by molar-refractivity contribution is 0.293. The van der Waals surface area contributed by atoms with Crippen LogP contribution in [0.25, 0.3) is 0 Å². The lowest BCUT2D eigenvalue weighted by atomic mass is 9.76. The second-order valence-electron chi connectivity index (χ2n) is 6.08. The quantitative estimate of drug-likeness (QED) is 0.842. The van der Waals surface area contributed by atoms with Crippen molar-refractivity contribution in [3.05, 3.63) is 70.2 Å². The van der Waals surface area contributed by atoms with E-state index in [9.17, 15) is 0 Å². The van der Waals surface area contributed by atoms with Crippen LogP contribution in [0.1, 0.15) is 35.4 Å². The normalized spacial score (nSPS) is 21.0. The van der Waals surface area contributed by atoms with Gasteiger partial charge >= 0.3 is 0 Å². The number of aryl methyl sites for hydroxylation is 1. The van der Waals surface area contributed by atoms with Gasteiger partial charge in [-0.05, 0) is 55.8 Å². The van der Waals surface area contributed by atoms with Crippen LogP contribution in [0, 0.1) is 6.92 Å². The lowest BCUT2D eigenvalue weighted by Crippen LogP contribution is -2.41. The van der Waals surface area contributed by atoms with Crippen LogP contribution in [0.3, 0.4) is 0 Å². The van der Waals surface area contributed by atoms with Crippen LogP contribution in [0.15, 0.2) is 48.5 Å². The van der Waals surface area contributed by atoms with Crippen LogP contribution in [0.4, 0.5) is 0 Å². The Morgan fingerprint density at radius 3 is 2.67 bits per heavy atom. The predicted octanol–water partition coefficient (Wildman–Crippen LogP) is 4.73. The second-order valence-corrected chi connectivity index (χ2v) is 6.49. The smallest absolute Gasteiger partial charge is 0.0440 e. The first kappa shape index (κ1) is 14.6. The molecule has 110 valence electrons. The van der Waals surface area contributed by atoms with Crippen LogP contribution in [0.2, 0.25) is 5.02 Å². The van der Waals surface area contributed by atoms with Gasteiger partial charge in [-0.1, -0.05) is 59.6 Å². The summed E-state index contributed by atoms with van der Waals surface area (Å²) in [4.78, 5) is 0. The molecule has 1 aliphatic rings. The van der Waals surface area contributed by atoms with Crippen LogP contribution in [-0.4, -0.2) is 12.6 Å². The Balaban J connectivity index is 1.42. The van der Waals surface area contributed by atoms with Gasteiger partial charge in [0.15, 0.2) is 0 Å². The van der Waals surface area contributed by atoms with Crippen molar-refractivity contribution in [2.24, 2.45) is 0 Å². The average Bonchev–Trinajstić information content (AvgIpc) is 2.43. The Hall–Kier alpha value is -1.31. The number of halogens is 1. The van der Waals surface area contributed by atoms with E-state index >= 15 is 0 Å². The van der Waals surface area contributed by atoms with Crippen molar-refractivity contribution in [2.75, 3.05) is 6.54 Å². The standard InChI is InChI=1S/C19H22ClN/c1-14-5-4-6-15(11-14)9-10-21-17-12-16(13-17)18-7-2-3-8-19(18)20/h2-8,11,16-17,21H,9-10,12-13H2,1H3. The molecule has 2 aromatic rings. The highest BCUT2D eigenvalue weighted by Gasteiger charge is 2.30. The van der Waals surface area contributed by atoms with Crippen LogP contribution in [-0.2, 0) is 6.42 Å². The predicted molar refractivity (Wildman–Crippen MR) is 90.1 cm³/mol. The lowest BCUT2D eigenvalue weighted by Gasteiger charge is -2.37. The van der Waals surface area contributed by atoms with Crippen molar-refractivity contribution in [3.8, 4) is 0 Å². The summed E-state index contributed by atoms with van der Waals surface area (Å²) in [7, 11) is 0. The van der Waals surface area contributed by atoms with Crippen molar-refractivity contribution in [1.29, 1.82) is 0 Å². The van der Waals surface area contributed by atoms with E-state index in [1.54, 1.807) is 0 Å². The number of hydrogen-bond acceptors (Lipinski definition) is 1. The molecule has 3 rings (SSSR count). The first-order valence-electron chi connectivity index (χ1n) is 7.76. The summed E-state index contributed by atoms with van der Waals surface area (Å²) < 4.78 is 0. The molecule has 0 amide bonds. The first-order chi connectivity index (χ1) is 10.2. The maximum Gasteiger partial charge on any atom is 0.0440 e. The largest absolute Gasteiger partial charge is 0.314 e. The summed E-state index contributed by atoms with van der Waals surface area (Å²) >= 11 is 6.26. The monoisotopic (exact) mass is 299 g/mol. The maximum atomic E-state index is 6.26. The Morgan fingerprint density at radius 1 is 1.10 bits per heavy atom. The van der Waals surface area contributed by atoms with E-state index < -0.39 is 0 Å². The van der Waals surface area contributed by atoms with Gasteiger partial charge in [0.05, 0.1) is 0 Å². The maximum absolute atomic E-state index is 6.26. The zero-order valence-corrected chi connectivity index (χ0v) is 13.2. The fourth-order valence-electron chi connectivity index (χ4n) is 3.13.